The number of methoxy groups -OCH3 is 1. The first-order chi connectivity index (χ1) is 9.80. The second-order valence-electron chi connectivity index (χ2n) is 5.84. The van der Waals surface area contributed by atoms with Crippen LogP contribution in [0, 0.1) is 11.6 Å². The second kappa shape index (κ2) is 8.20. The van der Waals surface area contributed by atoms with Crippen LogP contribution >= 0.6 is 15.9 Å². The van der Waals surface area contributed by atoms with E-state index in [2.05, 4.69) is 28.2 Å². The van der Waals surface area contributed by atoms with Crippen molar-refractivity contribution in [3.63, 3.8) is 0 Å². The molecule has 0 saturated heterocycles. The van der Waals surface area contributed by atoms with E-state index in [9.17, 15) is 8.78 Å². The molecule has 1 N–H and O–H groups in total. The highest BCUT2D eigenvalue weighted by atomic mass is 79.9. The van der Waals surface area contributed by atoms with Gasteiger partial charge in [0, 0.05) is 18.7 Å². The van der Waals surface area contributed by atoms with Crippen molar-refractivity contribution in [3.05, 3.63) is 33.8 Å². The predicted octanol–water partition coefficient (Wildman–Crippen LogP) is 4.45. The van der Waals surface area contributed by atoms with E-state index in [-0.39, 0.29) is 17.2 Å². The van der Waals surface area contributed by atoms with Crippen molar-refractivity contribution in [2.24, 2.45) is 0 Å². The quantitative estimate of drug-likeness (QED) is 0.688. The molecule has 0 aromatic heterocycles. The van der Waals surface area contributed by atoms with Crippen LogP contribution in [-0.4, -0.2) is 25.3 Å². The van der Waals surface area contributed by atoms with E-state index < -0.39 is 11.6 Å². The second-order valence-corrected chi connectivity index (χ2v) is 6.70. The van der Waals surface area contributed by atoms with Gasteiger partial charge in [0.1, 0.15) is 11.6 Å². The number of benzene rings is 1. The van der Waals surface area contributed by atoms with E-state index in [1.54, 1.807) is 7.11 Å². The van der Waals surface area contributed by atoms with Crippen LogP contribution in [0.15, 0.2) is 16.6 Å². The van der Waals surface area contributed by atoms with Crippen molar-refractivity contribution in [2.45, 2.75) is 51.7 Å². The zero-order valence-electron chi connectivity index (χ0n) is 13.1. The van der Waals surface area contributed by atoms with Crippen LogP contribution < -0.4 is 5.32 Å². The lowest BCUT2D eigenvalue weighted by molar-refractivity contribution is 0.00700. The number of rotatable bonds is 8. The zero-order valence-corrected chi connectivity index (χ0v) is 14.7. The fourth-order valence-electron chi connectivity index (χ4n) is 2.24. The molecule has 5 heteroatoms. The Morgan fingerprint density at radius 2 is 2.00 bits per heavy atom. The molecular formula is C16H24BrF2NO. The smallest absolute Gasteiger partial charge is 0.143 e. The summed E-state index contributed by atoms with van der Waals surface area (Å²) >= 11 is 3.11. The standard InChI is InChI=1S/C16H24BrF2NO/c1-5-8-20-11(10-16(2,3)21-4)9-12-14(18)7-6-13(17)15(12)19/h6-7,11,20H,5,8-10H2,1-4H3. The Morgan fingerprint density at radius 1 is 1.33 bits per heavy atom. The Labute approximate surface area is 134 Å². The number of hydrogen-bond donors (Lipinski definition) is 1. The molecule has 0 amide bonds. The first kappa shape index (κ1) is 18.5. The van der Waals surface area contributed by atoms with Crippen LogP contribution in [0.5, 0.6) is 0 Å². The van der Waals surface area contributed by atoms with Gasteiger partial charge in [0.25, 0.3) is 0 Å². The highest BCUT2D eigenvalue weighted by Gasteiger charge is 2.25. The summed E-state index contributed by atoms with van der Waals surface area (Å²) in [4.78, 5) is 0. The van der Waals surface area contributed by atoms with Gasteiger partial charge in [0.05, 0.1) is 10.1 Å². The van der Waals surface area contributed by atoms with Crippen LogP contribution in [0.2, 0.25) is 0 Å². The minimum Gasteiger partial charge on any atom is -0.379 e. The van der Waals surface area contributed by atoms with Gasteiger partial charge in [-0.1, -0.05) is 6.92 Å². The van der Waals surface area contributed by atoms with Gasteiger partial charge >= 0.3 is 0 Å². The maximum atomic E-state index is 14.1. The number of halogens is 3. The van der Waals surface area contributed by atoms with Gasteiger partial charge in [0.15, 0.2) is 0 Å². The third-order valence-corrected chi connectivity index (χ3v) is 4.18. The normalized spacial score (nSPS) is 13.5. The lowest BCUT2D eigenvalue weighted by Gasteiger charge is -2.29. The van der Waals surface area contributed by atoms with Crippen LogP contribution in [-0.2, 0) is 11.2 Å². The Bertz CT molecular complexity index is 466. The molecule has 120 valence electrons. The Hall–Kier alpha value is -0.520. The summed E-state index contributed by atoms with van der Waals surface area (Å²) in [5.41, 5.74) is -0.227. The van der Waals surface area contributed by atoms with E-state index in [4.69, 9.17) is 4.74 Å². The van der Waals surface area contributed by atoms with E-state index >= 15 is 0 Å². The topological polar surface area (TPSA) is 21.3 Å². The van der Waals surface area contributed by atoms with E-state index in [0.29, 0.717) is 17.3 Å². The molecule has 0 bridgehead atoms. The lowest BCUT2D eigenvalue weighted by atomic mass is 9.93. The monoisotopic (exact) mass is 363 g/mol. The van der Waals surface area contributed by atoms with Gasteiger partial charge in [0.2, 0.25) is 0 Å². The van der Waals surface area contributed by atoms with Crippen LogP contribution in [0.4, 0.5) is 8.78 Å². The Kier molecular flexibility index (Phi) is 7.24. The van der Waals surface area contributed by atoms with Crippen molar-refractivity contribution in [1.29, 1.82) is 0 Å². The van der Waals surface area contributed by atoms with Crippen molar-refractivity contribution in [1.82, 2.24) is 5.32 Å². The van der Waals surface area contributed by atoms with Crippen molar-refractivity contribution < 1.29 is 13.5 Å². The van der Waals surface area contributed by atoms with E-state index in [1.165, 1.54) is 12.1 Å². The average molecular weight is 364 g/mol. The highest BCUT2D eigenvalue weighted by molar-refractivity contribution is 9.10. The first-order valence-electron chi connectivity index (χ1n) is 7.21. The third-order valence-electron chi connectivity index (χ3n) is 3.56. The molecule has 0 saturated carbocycles. The van der Waals surface area contributed by atoms with E-state index in [1.807, 2.05) is 13.8 Å². The molecule has 1 unspecified atom stereocenters. The summed E-state index contributed by atoms with van der Waals surface area (Å²) in [7, 11) is 1.65. The summed E-state index contributed by atoms with van der Waals surface area (Å²) in [5.74, 6) is -1.03. The Morgan fingerprint density at radius 3 is 2.57 bits per heavy atom. The predicted molar refractivity (Wildman–Crippen MR) is 85.5 cm³/mol. The summed E-state index contributed by atoms with van der Waals surface area (Å²) in [6, 6.07) is 2.64. The van der Waals surface area contributed by atoms with Gasteiger partial charge in [-0.3, -0.25) is 0 Å². The fraction of sp³-hybridized carbons (Fsp3) is 0.625. The lowest BCUT2D eigenvalue weighted by Crippen LogP contribution is -2.39. The SMILES string of the molecule is CCCNC(Cc1c(F)ccc(Br)c1F)CC(C)(C)OC. The van der Waals surface area contributed by atoms with Crippen LogP contribution in [0.1, 0.15) is 39.2 Å². The molecule has 21 heavy (non-hydrogen) atoms. The van der Waals surface area contributed by atoms with Gasteiger partial charge in [-0.05, 0) is 67.7 Å². The maximum absolute atomic E-state index is 14.1. The van der Waals surface area contributed by atoms with Crippen molar-refractivity contribution in [2.75, 3.05) is 13.7 Å². The van der Waals surface area contributed by atoms with Gasteiger partial charge < -0.3 is 10.1 Å². The third kappa shape index (κ3) is 5.64. The number of nitrogens with one attached hydrogen (secondary N) is 1. The minimum absolute atomic E-state index is 0.0433. The van der Waals surface area contributed by atoms with Crippen LogP contribution in [0.3, 0.4) is 0 Å². The zero-order chi connectivity index (χ0) is 16.0. The molecule has 1 rings (SSSR count). The fourth-order valence-corrected chi connectivity index (χ4v) is 2.62. The maximum Gasteiger partial charge on any atom is 0.143 e. The molecular weight excluding hydrogens is 340 g/mol. The highest BCUT2D eigenvalue weighted by Crippen LogP contribution is 2.25. The molecule has 1 aromatic rings. The summed E-state index contributed by atoms with van der Waals surface area (Å²) in [6.45, 7) is 6.82. The van der Waals surface area contributed by atoms with Crippen molar-refractivity contribution in [3.8, 4) is 0 Å². The molecule has 0 spiro atoms. The summed E-state index contributed by atoms with van der Waals surface area (Å²) < 4.78 is 33.7. The summed E-state index contributed by atoms with van der Waals surface area (Å²) in [5, 5.41) is 3.35. The average Bonchev–Trinajstić information content (AvgIpc) is 2.44. The summed E-state index contributed by atoms with van der Waals surface area (Å²) in [6.07, 6.45) is 1.94. The minimum atomic E-state index is -0.520. The van der Waals surface area contributed by atoms with Gasteiger partial charge in [-0.25, -0.2) is 8.78 Å². The molecule has 0 aliphatic rings. The molecule has 0 radical (unpaired) electrons. The number of ether oxygens (including phenoxy) is 1. The number of hydrogen-bond acceptors (Lipinski definition) is 2. The molecule has 0 aliphatic heterocycles. The van der Waals surface area contributed by atoms with E-state index in [0.717, 1.165) is 13.0 Å². The molecule has 0 aliphatic carbocycles. The largest absolute Gasteiger partial charge is 0.379 e. The molecule has 1 aromatic carbocycles. The first-order valence-corrected chi connectivity index (χ1v) is 8.01. The molecule has 1 atom stereocenters. The van der Waals surface area contributed by atoms with Crippen molar-refractivity contribution >= 4 is 15.9 Å². The van der Waals surface area contributed by atoms with Gasteiger partial charge in [-0.2, -0.15) is 0 Å². The molecule has 0 heterocycles. The molecule has 0 fully saturated rings. The van der Waals surface area contributed by atoms with Gasteiger partial charge in [-0.15, -0.1) is 0 Å². The van der Waals surface area contributed by atoms with Crippen LogP contribution in [0.25, 0.3) is 0 Å². The Balaban J connectivity index is 2.93. The molecule has 2 nitrogen and oxygen atoms in total.